The van der Waals surface area contributed by atoms with Gasteiger partial charge >= 0.3 is 0 Å². The van der Waals surface area contributed by atoms with E-state index < -0.39 is 10.2 Å². The van der Waals surface area contributed by atoms with Gasteiger partial charge in [0.25, 0.3) is 0 Å². The van der Waals surface area contributed by atoms with E-state index in [2.05, 4.69) is 5.10 Å². The average molecular weight is 340 g/mol. The maximum absolute atomic E-state index is 12.7. The molecule has 1 heterocycles. The summed E-state index contributed by atoms with van der Waals surface area (Å²) in [7, 11) is -1.57. The fourth-order valence-corrected chi connectivity index (χ4v) is 4.30. The summed E-state index contributed by atoms with van der Waals surface area (Å²) in [4.78, 5) is 0.338. The van der Waals surface area contributed by atoms with Crippen molar-refractivity contribution in [1.82, 2.24) is 9.78 Å². The van der Waals surface area contributed by atoms with Crippen LogP contribution in [0.15, 0.2) is 59.5 Å². The first kappa shape index (κ1) is 16.6. The fraction of sp³-hybridized carbons (Fsp3) is 0.211. The van der Waals surface area contributed by atoms with Gasteiger partial charge in [-0.05, 0) is 49.2 Å². The second kappa shape index (κ2) is 6.34. The molecule has 4 nitrogen and oxygen atoms in total. The molecule has 1 unspecified atom stereocenters. The van der Waals surface area contributed by atoms with Crippen LogP contribution in [0.25, 0.3) is 11.1 Å². The largest absolute Gasteiger partial charge is 0.610 e. The molecular formula is C19H20N2O2S. The van der Waals surface area contributed by atoms with Gasteiger partial charge in [-0.25, -0.2) is 0 Å². The second-order valence-electron chi connectivity index (χ2n) is 5.92. The van der Waals surface area contributed by atoms with E-state index in [1.165, 1.54) is 0 Å². The predicted octanol–water partition coefficient (Wildman–Crippen LogP) is 3.89. The topological polar surface area (TPSA) is 58.0 Å². The highest BCUT2D eigenvalue weighted by Gasteiger charge is 2.24. The van der Waals surface area contributed by atoms with Gasteiger partial charge in [-0.2, -0.15) is 5.10 Å². The van der Waals surface area contributed by atoms with Gasteiger partial charge in [-0.3, -0.25) is 4.68 Å². The number of rotatable bonds is 4. The fourth-order valence-electron chi connectivity index (χ4n) is 2.79. The normalized spacial score (nSPS) is 13.7. The Morgan fingerprint density at radius 3 is 2.12 bits per heavy atom. The van der Waals surface area contributed by atoms with Crippen LogP contribution in [-0.2, 0) is 27.2 Å². The lowest BCUT2D eigenvalue weighted by Crippen LogP contribution is -2.14. The minimum Gasteiger partial charge on any atom is -0.610 e. The van der Waals surface area contributed by atoms with Crippen molar-refractivity contribution in [3.8, 4) is 11.1 Å². The van der Waals surface area contributed by atoms with Crippen LogP contribution in [0.2, 0.25) is 0 Å². The van der Waals surface area contributed by atoms with Crippen molar-refractivity contribution < 1.29 is 8.76 Å². The summed E-state index contributed by atoms with van der Waals surface area (Å²) in [6.45, 7) is 3.74. The molecule has 3 rings (SSSR count). The smallest absolute Gasteiger partial charge is 0.155 e. The zero-order valence-electron chi connectivity index (χ0n) is 14.0. The van der Waals surface area contributed by atoms with Crippen molar-refractivity contribution in [2.75, 3.05) is 0 Å². The third kappa shape index (κ3) is 3.18. The number of benzene rings is 2. The Kier molecular flexibility index (Phi) is 4.39. The lowest BCUT2D eigenvalue weighted by atomic mass is 10.1. The zero-order chi connectivity index (χ0) is 17.3. The van der Waals surface area contributed by atoms with E-state index in [9.17, 15) is 8.76 Å². The monoisotopic (exact) mass is 340 g/mol. The highest BCUT2D eigenvalue weighted by atomic mass is 32.3. The van der Waals surface area contributed by atoms with Crippen molar-refractivity contribution in [3.05, 3.63) is 71.5 Å². The van der Waals surface area contributed by atoms with E-state index in [4.69, 9.17) is 0 Å². The van der Waals surface area contributed by atoms with Crippen LogP contribution in [0.5, 0.6) is 0 Å². The summed E-state index contributed by atoms with van der Waals surface area (Å²) >= 11 is 0. The van der Waals surface area contributed by atoms with Gasteiger partial charge in [0.05, 0.1) is 15.9 Å². The summed E-state index contributed by atoms with van der Waals surface area (Å²) in [5, 5.41) is 4.29. The molecule has 0 amide bonds. The van der Waals surface area contributed by atoms with E-state index in [1.54, 1.807) is 16.8 Å². The van der Waals surface area contributed by atoms with Crippen LogP contribution in [0.1, 0.15) is 17.0 Å². The summed E-state index contributed by atoms with van der Waals surface area (Å²) in [5.74, 6) is -0.0246. The Morgan fingerprint density at radius 1 is 1.00 bits per heavy atom. The summed E-state index contributed by atoms with van der Waals surface area (Å²) < 4.78 is 27.2. The molecule has 3 aromatic rings. The molecule has 1 atom stereocenters. The van der Waals surface area contributed by atoms with E-state index in [0.29, 0.717) is 4.90 Å². The molecule has 124 valence electrons. The van der Waals surface area contributed by atoms with E-state index in [-0.39, 0.29) is 5.75 Å². The van der Waals surface area contributed by atoms with Crippen LogP contribution < -0.4 is 0 Å². The molecule has 5 heteroatoms. The third-order valence-electron chi connectivity index (χ3n) is 4.31. The lowest BCUT2D eigenvalue weighted by Gasteiger charge is -2.15. The molecule has 0 radical (unpaired) electrons. The van der Waals surface area contributed by atoms with Crippen molar-refractivity contribution in [2.45, 2.75) is 24.5 Å². The highest BCUT2D eigenvalue weighted by Crippen LogP contribution is 2.27. The minimum absolute atomic E-state index is 0.0246. The molecule has 0 aliphatic heterocycles. The molecule has 2 aromatic carbocycles. The second-order valence-corrected chi connectivity index (χ2v) is 7.91. The molecule has 0 aliphatic carbocycles. The van der Waals surface area contributed by atoms with Crippen LogP contribution in [0, 0.1) is 13.8 Å². The first-order valence-corrected chi connectivity index (χ1v) is 9.41. The molecular weight excluding hydrogens is 320 g/mol. The Hall–Kier alpha value is -2.24. The van der Waals surface area contributed by atoms with E-state index in [0.717, 1.165) is 28.1 Å². The van der Waals surface area contributed by atoms with Gasteiger partial charge in [0.15, 0.2) is 4.90 Å². The number of hydrogen-bond donors (Lipinski definition) is 0. The van der Waals surface area contributed by atoms with Crippen LogP contribution in [-0.4, -0.2) is 14.3 Å². The quantitative estimate of drug-likeness (QED) is 0.677. The van der Waals surface area contributed by atoms with Crippen LogP contribution in [0.3, 0.4) is 0 Å². The third-order valence-corrected chi connectivity index (χ3v) is 5.97. The zero-order valence-corrected chi connectivity index (χ0v) is 14.8. The van der Waals surface area contributed by atoms with Gasteiger partial charge < -0.3 is 4.55 Å². The van der Waals surface area contributed by atoms with Gasteiger partial charge in [-0.15, -0.1) is 4.21 Å². The highest BCUT2D eigenvalue weighted by molar-refractivity contribution is 7.96. The van der Waals surface area contributed by atoms with Crippen molar-refractivity contribution in [2.24, 2.45) is 7.05 Å². The van der Waals surface area contributed by atoms with E-state index in [1.807, 2.05) is 63.4 Å². The molecule has 0 aliphatic rings. The maximum atomic E-state index is 12.7. The first-order valence-electron chi connectivity index (χ1n) is 7.76. The van der Waals surface area contributed by atoms with Gasteiger partial charge in [0.2, 0.25) is 0 Å². The number of sulfone groups is 1. The summed E-state index contributed by atoms with van der Waals surface area (Å²) in [6, 6.07) is 17.0. The Labute approximate surface area is 143 Å². The van der Waals surface area contributed by atoms with Crippen molar-refractivity contribution in [1.29, 1.82) is 0 Å². The van der Waals surface area contributed by atoms with Gasteiger partial charge in [-0.1, -0.05) is 30.3 Å². The first-order chi connectivity index (χ1) is 11.4. The van der Waals surface area contributed by atoms with Crippen LogP contribution in [0.4, 0.5) is 0 Å². The number of hydrogen-bond acceptors (Lipinski definition) is 3. The molecule has 0 bridgehead atoms. The van der Waals surface area contributed by atoms with Gasteiger partial charge in [0, 0.05) is 18.3 Å². The Balaban J connectivity index is 1.89. The number of aromatic nitrogens is 2. The standard InChI is InChI=1S/C19H20N2O2S/c1-14-19(15(2)21(3)20-14)13-24(22,23)18-11-9-17(10-12-18)16-7-5-4-6-8-16/h4-12H,13H2,1-3H3. The molecule has 24 heavy (non-hydrogen) atoms. The average Bonchev–Trinajstić information content (AvgIpc) is 2.82. The lowest BCUT2D eigenvalue weighted by molar-refractivity contribution is 0.476. The predicted molar refractivity (Wildman–Crippen MR) is 95.4 cm³/mol. The number of aryl methyl sites for hydroxylation is 2. The summed E-state index contributed by atoms with van der Waals surface area (Å²) in [5.41, 5.74) is 4.50. The van der Waals surface area contributed by atoms with Crippen LogP contribution >= 0.6 is 0 Å². The Bertz CT molecular complexity index is 899. The van der Waals surface area contributed by atoms with Gasteiger partial charge in [0.1, 0.15) is 5.75 Å². The number of nitrogens with zero attached hydrogens (tertiary/aromatic N) is 2. The minimum atomic E-state index is -3.40. The molecule has 0 spiro atoms. The van der Waals surface area contributed by atoms with Crippen molar-refractivity contribution in [3.63, 3.8) is 0 Å². The maximum Gasteiger partial charge on any atom is 0.155 e. The Morgan fingerprint density at radius 2 is 1.58 bits per heavy atom. The summed E-state index contributed by atoms with van der Waals surface area (Å²) in [6.07, 6.45) is 0. The molecule has 0 saturated heterocycles. The molecule has 0 saturated carbocycles. The molecule has 1 aromatic heterocycles. The molecule has 0 fully saturated rings. The molecule has 0 N–H and O–H groups in total. The van der Waals surface area contributed by atoms with Crippen molar-refractivity contribution >= 4 is 10.2 Å². The van der Waals surface area contributed by atoms with E-state index >= 15 is 0 Å². The SMILES string of the molecule is Cc1nn(C)c(C)c1C[S+](=O)([O-])c1ccc(-c2ccccc2)cc1.